The SMILES string of the molecule is CS[C@H]1[C@H](COC(=O)OCc2ccc([N+](=O)[O-])cc2)C(=O)N1CC(=O)OCc1ccc([N+](=O)[O-])cc1. The van der Waals surface area contributed by atoms with Crippen molar-refractivity contribution in [2.45, 2.75) is 18.6 Å². The quantitative estimate of drug-likeness (QED) is 0.185. The van der Waals surface area contributed by atoms with Gasteiger partial charge in [0.1, 0.15) is 32.3 Å². The van der Waals surface area contributed by atoms with Gasteiger partial charge in [-0.05, 0) is 41.6 Å². The number of carbonyl (C=O) groups excluding carboxylic acids is 3. The molecule has 14 heteroatoms. The maximum Gasteiger partial charge on any atom is 0.508 e. The van der Waals surface area contributed by atoms with Crippen molar-refractivity contribution < 1.29 is 38.4 Å². The van der Waals surface area contributed by atoms with Crippen LogP contribution in [-0.4, -0.2) is 57.6 Å². The number of thioether (sulfide) groups is 1. The molecule has 1 aliphatic rings. The summed E-state index contributed by atoms with van der Waals surface area (Å²) in [6.07, 6.45) is 0.744. The first-order valence-electron chi connectivity index (χ1n) is 10.4. The van der Waals surface area contributed by atoms with Gasteiger partial charge in [0.15, 0.2) is 0 Å². The van der Waals surface area contributed by atoms with E-state index in [0.717, 1.165) is 0 Å². The Bertz CT molecular complexity index is 1140. The molecular formula is C22H21N3O10S. The molecule has 1 saturated heterocycles. The van der Waals surface area contributed by atoms with Crippen LogP contribution in [0.1, 0.15) is 11.1 Å². The van der Waals surface area contributed by atoms with Crippen molar-refractivity contribution in [2.75, 3.05) is 19.4 Å². The molecule has 2 aromatic carbocycles. The van der Waals surface area contributed by atoms with E-state index in [1.165, 1.54) is 65.2 Å². The van der Waals surface area contributed by atoms with Gasteiger partial charge < -0.3 is 19.1 Å². The summed E-state index contributed by atoms with van der Waals surface area (Å²) in [6, 6.07) is 11.0. The Labute approximate surface area is 208 Å². The van der Waals surface area contributed by atoms with Gasteiger partial charge in [-0.15, -0.1) is 11.8 Å². The van der Waals surface area contributed by atoms with Crippen molar-refractivity contribution in [3.8, 4) is 0 Å². The van der Waals surface area contributed by atoms with Gasteiger partial charge >= 0.3 is 12.1 Å². The van der Waals surface area contributed by atoms with Crippen LogP contribution in [0.4, 0.5) is 16.2 Å². The highest BCUT2D eigenvalue weighted by atomic mass is 32.2. The van der Waals surface area contributed by atoms with E-state index in [4.69, 9.17) is 14.2 Å². The number of benzene rings is 2. The standard InChI is InChI=1S/C22H21N3O10S/c1-36-21-18(13-35-22(28)34-12-15-4-8-17(9-5-15)25(31)32)20(27)23(21)10-19(26)33-11-14-2-6-16(7-3-14)24(29)30/h2-9,18,21H,10-13H2,1H3/t18-,21+/m1/s1. The van der Waals surface area contributed by atoms with Crippen LogP contribution in [0.2, 0.25) is 0 Å². The molecule has 0 aromatic heterocycles. The Balaban J connectivity index is 1.40. The molecule has 0 saturated carbocycles. The molecule has 0 radical (unpaired) electrons. The number of ether oxygens (including phenoxy) is 3. The Kier molecular flexibility index (Phi) is 8.78. The number of rotatable bonds is 11. The van der Waals surface area contributed by atoms with Gasteiger partial charge in [-0.2, -0.15) is 0 Å². The van der Waals surface area contributed by atoms with Crippen LogP contribution in [-0.2, 0) is 37.0 Å². The molecule has 0 aliphatic carbocycles. The number of likely N-dealkylation sites (tertiary alicyclic amines) is 1. The van der Waals surface area contributed by atoms with E-state index < -0.39 is 33.3 Å². The molecular weight excluding hydrogens is 498 g/mol. The van der Waals surface area contributed by atoms with Crippen molar-refractivity contribution in [3.63, 3.8) is 0 Å². The summed E-state index contributed by atoms with van der Waals surface area (Å²) < 4.78 is 15.1. The summed E-state index contributed by atoms with van der Waals surface area (Å²) in [5.41, 5.74) is 0.914. The number of carbonyl (C=O) groups is 3. The molecule has 1 aliphatic heterocycles. The Morgan fingerprint density at radius 3 is 1.86 bits per heavy atom. The fraction of sp³-hybridized carbons (Fsp3) is 0.318. The monoisotopic (exact) mass is 519 g/mol. The van der Waals surface area contributed by atoms with Crippen LogP contribution in [0.25, 0.3) is 0 Å². The third kappa shape index (κ3) is 6.69. The lowest BCUT2D eigenvalue weighted by Crippen LogP contribution is -2.62. The van der Waals surface area contributed by atoms with Gasteiger partial charge in [0, 0.05) is 24.3 Å². The smallest absolute Gasteiger partial charge is 0.459 e. The normalized spacial score (nSPS) is 16.6. The predicted molar refractivity (Wildman–Crippen MR) is 125 cm³/mol. The van der Waals surface area contributed by atoms with E-state index in [0.29, 0.717) is 11.1 Å². The Morgan fingerprint density at radius 2 is 1.39 bits per heavy atom. The van der Waals surface area contributed by atoms with Crippen LogP contribution in [0.5, 0.6) is 0 Å². The van der Waals surface area contributed by atoms with Gasteiger partial charge in [-0.25, -0.2) is 4.79 Å². The first-order chi connectivity index (χ1) is 17.2. The van der Waals surface area contributed by atoms with Crippen LogP contribution >= 0.6 is 11.8 Å². The average Bonchev–Trinajstić information content (AvgIpc) is 2.87. The second-order valence-corrected chi connectivity index (χ2v) is 8.51. The lowest BCUT2D eigenvalue weighted by atomic mass is 9.99. The number of amides is 1. The summed E-state index contributed by atoms with van der Waals surface area (Å²) in [5, 5.41) is 20.9. The van der Waals surface area contributed by atoms with E-state index in [1.54, 1.807) is 6.26 Å². The Hall–Kier alpha value is -4.20. The molecule has 0 bridgehead atoms. The zero-order valence-electron chi connectivity index (χ0n) is 18.9. The van der Waals surface area contributed by atoms with E-state index in [-0.39, 0.29) is 43.6 Å². The van der Waals surface area contributed by atoms with Crippen molar-refractivity contribution in [1.29, 1.82) is 0 Å². The molecule has 2 aromatic rings. The third-order valence-electron chi connectivity index (χ3n) is 5.22. The molecule has 2 atom stereocenters. The highest BCUT2D eigenvalue weighted by Gasteiger charge is 2.48. The van der Waals surface area contributed by atoms with Crippen LogP contribution in [0, 0.1) is 26.1 Å². The van der Waals surface area contributed by atoms with Crippen LogP contribution in [0.3, 0.4) is 0 Å². The van der Waals surface area contributed by atoms with Crippen molar-refractivity contribution >= 4 is 41.2 Å². The number of hydrogen-bond acceptors (Lipinski definition) is 11. The second kappa shape index (κ2) is 12.0. The number of nitrogens with zero attached hydrogens (tertiary/aromatic N) is 3. The number of nitro benzene ring substituents is 2. The number of esters is 1. The summed E-state index contributed by atoms with van der Waals surface area (Å²) >= 11 is 1.30. The number of β-lactam (4-membered cyclic amide) rings is 1. The van der Waals surface area contributed by atoms with Gasteiger partial charge in [0.2, 0.25) is 5.91 Å². The maximum absolute atomic E-state index is 12.5. The van der Waals surface area contributed by atoms with Gasteiger partial charge in [0.25, 0.3) is 11.4 Å². The molecule has 0 N–H and O–H groups in total. The largest absolute Gasteiger partial charge is 0.508 e. The fourth-order valence-electron chi connectivity index (χ4n) is 3.33. The van der Waals surface area contributed by atoms with Crippen molar-refractivity contribution in [2.24, 2.45) is 5.92 Å². The minimum atomic E-state index is -0.998. The zero-order chi connectivity index (χ0) is 26.2. The second-order valence-electron chi connectivity index (χ2n) is 7.56. The molecule has 1 heterocycles. The molecule has 3 rings (SSSR count). The van der Waals surface area contributed by atoms with Crippen molar-refractivity contribution in [3.05, 3.63) is 79.9 Å². The lowest BCUT2D eigenvalue weighted by Gasteiger charge is -2.45. The summed E-state index contributed by atoms with van der Waals surface area (Å²) in [6.45, 7) is -0.791. The van der Waals surface area contributed by atoms with E-state index in [2.05, 4.69) is 0 Å². The molecule has 13 nitrogen and oxygen atoms in total. The molecule has 1 fully saturated rings. The number of hydrogen-bond donors (Lipinski definition) is 0. The molecule has 190 valence electrons. The summed E-state index contributed by atoms with van der Waals surface area (Å²) in [7, 11) is 0. The first-order valence-corrected chi connectivity index (χ1v) is 11.7. The van der Waals surface area contributed by atoms with Crippen LogP contribution < -0.4 is 0 Å². The predicted octanol–water partition coefficient (Wildman–Crippen LogP) is 3.05. The fourth-order valence-corrected chi connectivity index (χ4v) is 4.28. The molecule has 1 amide bonds. The maximum atomic E-state index is 12.5. The number of nitro groups is 2. The summed E-state index contributed by atoms with van der Waals surface area (Å²) in [5.74, 6) is -1.69. The van der Waals surface area contributed by atoms with Crippen molar-refractivity contribution in [1.82, 2.24) is 4.90 Å². The first kappa shape index (κ1) is 26.4. The van der Waals surface area contributed by atoms with Gasteiger partial charge in [-0.3, -0.25) is 29.8 Å². The zero-order valence-corrected chi connectivity index (χ0v) is 19.8. The highest BCUT2D eigenvalue weighted by Crippen LogP contribution is 2.34. The van der Waals surface area contributed by atoms with Crippen LogP contribution in [0.15, 0.2) is 48.5 Å². The number of non-ortho nitro benzene ring substituents is 2. The van der Waals surface area contributed by atoms with E-state index >= 15 is 0 Å². The summed E-state index contributed by atoms with van der Waals surface area (Å²) in [4.78, 5) is 58.1. The molecule has 36 heavy (non-hydrogen) atoms. The van der Waals surface area contributed by atoms with Gasteiger partial charge in [0.05, 0.1) is 15.2 Å². The average molecular weight is 519 g/mol. The molecule has 0 spiro atoms. The van der Waals surface area contributed by atoms with E-state index in [1.807, 2.05) is 0 Å². The van der Waals surface area contributed by atoms with Gasteiger partial charge in [-0.1, -0.05) is 0 Å². The van der Waals surface area contributed by atoms with E-state index in [9.17, 15) is 34.6 Å². The lowest BCUT2D eigenvalue weighted by molar-refractivity contribution is -0.385. The third-order valence-corrected chi connectivity index (χ3v) is 6.29. The topological polar surface area (TPSA) is 168 Å². The highest BCUT2D eigenvalue weighted by molar-refractivity contribution is 7.99. The Morgan fingerprint density at radius 1 is 0.889 bits per heavy atom. The minimum absolute atomic E-state index is 0.0810. The molecule has 0 unspecified atom stereocenters. The minimum Gasteiger partial charge on any atom is -0.459 e.